The first kappa shape index (κ1) is 24.7. The van der Waals surface area contributed by atoms with Crippen molar-refractivity contribution < 1.29 is 28.2 Å². The first-order chi connectivity index (χ1) is 17.2. The van der Waals surface area contributed by atoms with Gasteiger partial charge in [-0.3, -0.25) is 14.4 Å². The largest absolute Gasteiger partial charge is 0.497 e. The standard InChI is InChI=1S/C26H21ClFN3O5/c1-14-4-5-15(24(32)29-17-8-6-16(28)7-9-17)12-19(14)30-23-22(27)25(33)31(26(23)34)20-11-10-18(35-2)13-21(20)36-3/h4-13,30H,1-3H3,(H,29,32). The third-order valence-corrected chi connectivity index (χ3v) is 5.87. The molecule has 0 aliphatic carbocycles. The molecule has 1 aliphatic rings. The molecule has 10 heteroatoms. The number of carbonyl (C=O) groups excluding carboxylic acids is 3. The van der Waals surface area contributed by atoms with Crippen LogP contribution in [0.25, 0.3) is 0 Å². The Hall–Kier alpha value is -4.37. The van der Waals surface area contributed by atoms with Crippen LogP contribution in [0.2, 0.25) is 0 Å². The molecule has 0 saturated heterocycles. The highest BCUT2D eigenvalue weighted by molar-refractivity contribution is 6.53. The highest BCUT2D eigenvalue weighted by atomic mass is 35.5. The zero-order valence-corrected chi connectivity index (χ0v) is 20.3. The smallest absolute Gasteiger partial charge is 0.283 e. The lowest BCUT2D eigenvalue weighted by Crippen LogP contribution is -2.32. The Bertz CT molecular complexity index is 1410. The van der Waals surface area contributed by atoms with Gasteiger partial charge in [0.05, 0.1) is 19.9 Å². The Balaban J connectivity index is 1.60. The number of imide groups is 1. The molecular formula is C26H21ClFN3O5. The van der Waals surface area contributed by atoms with E-state index >= 15 is 0 Å². The van der Waals surface area contributed by atoms with Crippen LogP contribution in [0.15, 0.2) is 71.4 Å². The van der Waals surface area contributed by atoms with Crippen molar-refractivity contribution >= 4 is 46.4 Å². The van der Waals surface area contributed by atoms with Crippen molar-refractivity contribution in [2.24, 2.45) is 0 Å². The number of nitrogens with one attached hydrogen (secondary N) is 2. The van der Waals surface area contributed by atoms with Crippen LogP contribution in [-0.4, -0.2) is 31.9 Å². The molecule has 36 heavy (non-hydrogen) atoms. The summed E-state index contributed by atoms with van der Waals surface area (Å²) in [7, 11) is 2.89. The summed E-state index contributed by atoms with van der Waals surface area (Å²) < 4.78 is 23.6. The minimum atomic E-state index is -0.726. The molecular weight excluding hydrogens is 489 g/mol. The molecule has 0 saturated carbocycles. The number of halogens is 2. The van der Waals surface area contributed by atoms with Crippen molar-refractivity contribution in [3.63, 3.8) is 0 Å². The number of anilines is 3. The molecule has 0 aromatic heterocycles. The van der Waals surface area contributed by atoms with E-state index < -0.39 is 23.5 Å². The molecule has 184 valence electrons. The van der Waals surface area contributed by atoms with E-state index in [9.17, 15) is 18.8 Å². The van der Waals surface area contributed by atoms with Crippen LogP contribution in [0.1, 0.15) is 15.9 Å². The Morgan fingerprint density at radius 3 is 2.33 bits per heavy atom. The van der Waals surface area contributed by atoms with E-state index in [4.69, 9.17) is 21.1 Å². The number of nitrogens with zero attached hydrogens (tertiary/aromatic N) is 1. The van der Waals surface area contributed by atoms with Crippen LogP contribution >= 0.6 is 11.6 Å². The van der Waals surface area contributed by atoms with Crippen molar-refractivity contribution in [2.45, 2.75) is 6.92 Å². The highest BCUT2D eigenvalue weighted by Gasteiger charge is 2.40. The molecule has 1 heterocycles. The summed E-state index contributed by atoms with van der Waals surface area (Å²) in [4.78, 5) is 39.8. The van der Waals surface area contributed by atoms with Gasteiger partial charge in [0.15, 0.2) is 0 Å². The molecule has 3 aromatic carbocycles. The van der Waals surface area contributed by atoms with Gasteiger partial charge in [0.25, 0.3) is 17.7 Å². The van der Waals surface area contributed by atoms with Crippen LogP contribution in [0, 0.1) is 12.7 Å². The molecule has 3 amide bonds. The van der Waals surface area contributed by atoms with E-state index in [-0.39, 0.29) is 27.7 Å². The number of hydrogen-bond acceptors (Lipinski definition) is 6. The van der Waals surface area contributed by atoms with E-state index in [2.05, 4.69) is 10.6 Å². The average molecular weight is 510 g/mol. The number of rotatable bonds is 7. The lowest BCUT2D eigenvalue weighted by atomic mass is 10.1. The third kappa shape index (κ3) is 4.73. The predicted octanol–water partition coefficient (Wildman–Crippen LogP) is 4.84. The topological polar surface area (TPSA) is 97.0 Å². The Labute approximate surface area is 211 Å². The molecule has 2 N–H and O–H groups in total. The van der Waals surface area contributed by atoms with E-state index in [1.165, 1.54) is 50.6 Å². The maximum atomic E-state index is 13.3. The SMILES string of the molecule is COc1ccc(N2C(=O)C(Cl)=C(Nc3cc(C(=O)Nc4ccc(F)cc4)ccc3C)C2=O)c(OC)c1. The van der Waals surface area contributed by atoms with E-state index in [1.54, 1.807) is 31.2 Å². The van der Waals surface area contributed by atoms with Crippen molar-refractivity contribution in [3.8, 4) is 11.5 Å². The van der Waals surface area contributed by atoms with Gasteiger partial charge in [-0.1, -0.05) is 17.7 Å². The summed E-state index contributed by atoms with van der Waals surface area (Å²) in [5.74, 6) is -1.54. The maximum Gasteiger partial charge on any atom is 0.283 e. The van der Waals surface area contributed by atoms with Gasteiger partial charge in [-0.2, -0.15) is 0 Å². The van der Waals surface area contributed by atoms with E-state index in [1.807, 2.05) is 0 Å². The van der Waals surface area contributed by atoms with Gasteiger partial charge >= 0.3 is 0 Å². The van der Waals surface area contributed by atoms with Crippen LogP contribution in [-0.2, 0) is 9.59 Å². The fraction of sp³-hybridized carbons (Fsp3) is 0.115. The number of amides is 3. The van der Waals surface area contributed by atoms with Gasteiger partial charge < -0.3 is 20.1 Å². The predicted molar refractivity (Wildman–Crippen MR) is 134 cm³/mol. The minimum Gasteiger partial charge on any atom is -0.497 e. The molecule has 8 nitrogen and oxygen atoms in total. The molecule has 0 bridgehead atoms. The van der Waals surface area contributed by atoms with Gasteiger partial charge in [-0.15, -0.1) is 0 Å². The number of benzene rings is 3. The summed E-state index contributed by atoms with van der Waals surface area (Å²) in [5, 5.41) is 5.28. The molecule has 0 atom stereocenters. The zero-order valence-electron chi connectivity index (χ0n) is 19.5. The third-order valence-electron chi connectivity index (χ3n) is 5.52. The molecule has 0 fully saturated rings. The summed E-state index contributed by atoms with van der Waals surface area (Å²) in [6.45, 7) is 1.77. The Morgan fingerprint density at radius 2 is 1.67 bits per heavy atom. The molecule has 3 aromatic rings. The van der Waals surface area contributed by atoms with Crippen molar-refractivity contribution in [1.29, 1.82) is 0 Å². The lowest BCUT2D eigenvalue weighted by Gasteiger charge is -2.19. The Kier molecular flexibility index (Phi) is 6.93. The number of hydrogen-bond donors (Lipinski definition) is 2. The number of ether oxygens (including phenoxy) is 2. The first-order valence-corrected chi connectivity index (χ1v) is 11.1. The fourth-order valence-electron chi connectivity index (χ4n) is 3.57. The second-order valence-corrected chi connectivity index (χ2v) is 8.17. The van der Waals surface area contributed by atoms with Crippen molar-refractivity contribution in [3.05, 3.63) is 88.3 Å². The van der Waals surface area contributed by atoms with Crippen LogP contribution in [0.5, 0.6) is 11.5 Å². The fourth-order valence-corrected chi connectivity index (χ4v) is 3.78. The summed E-state index contributed by atoms with van der Waals surface area (Å²) in [6.07, 6.45) is 0. The van der Waals surface area contributed by atoms with E-state index in [0.29, 0.717) is 22.7 Å². The lowest BCUT2D eigenvalue weighted by molar-refractivity contribution is -0.120. The quantitative estimate of drug-likeness (QED) is 0.442. The molecule has 4 rings (SSSR count). The van der Waals surface area contributed by atoms with Gasteiger partial charge in [0.2, 0.25) is 0 Å². The van der Waals surface area contributed by atoms with Gasteiger partial charge in [-0.25, -0.2) is 9.29 Å². The number of aryl methyl sites for hydroxylation is 1. The zero-order chi connectivity index (χ0) is 26.0. The molecule has 0 radical (unpaired) electrons. The van der Waals surface area contributed by atoms with Crippen LogP contribution in [0.3, 0.4) is 0 Å². The maximum absolute atomic E-state index is 13.3. The highest BCUT2D eigenvalue weighted by Crippen LogP contribution is 2.38. The average Bonchev–Trinajstić information content (AvgIpc) is 3.09. The van der Waals surface area contributed by atoms with Gasteiger partial charge in [-0.05, 0) is 61.0 Å². The van der Waals surface area contributed by atoms with Crippen LogP contribution < -0.4 is 25.0 Å². The number of methoxy groups -OCH3 is 2. The molecule has 0 spiro atoms. The van der Waals surface area contributed by atoms with Crippen molar-refractivity contribution in [1.82, 2.24) is 0 Å². The summed E-state index contributed by atoms with van der Waals surface area (Å²) >= 11 is 6.28. The van der Waals surface area contributed by atoms with Crippen LogP contribution in [0.4, 0.5) is 21.5 Å². The molecule has 0 unspecified atom stereocenters. The monoisotopic (exact) mass is 509 g/mol. The second kappa shape index (κ2) is 10.1. The number of carbonyl (C=O) groups is 3. The minimum absolute atomic E-state index is 0.140. The Morgan fingerprint density at radius 1 is 0.944 bits per heavy atom. The summed E-state index contributed by atoms with van der Waals surface area (Å²) in [6, 6.07) is 14.8. The van der Waals surface area contributed by atoms with Gasteiger partial charge in [0, 0.05) is 23.0 Å². The van der Waals surface area contributed by atoms with Gasteiger partial charge in [0.1, 0.15) is 28.0 Å². The van der Waals surface area contributed by atoms with Crippen molar-refractivity contribution in [2.75, 3.05) is 29.8 Å². The molecule has 1 aliphatic heterocycles. The normalized spacial score (nSPS) is 13.2. The van der Waals surface area contributed by atoms with E-state index in [0.717, 1.165) is 4.90 Å². The second-order valence-electron chi connectivity index (χ2n) is 7.79. The first-order valence-electron chi connectivity index (χ1n) is 10.7. The summed E-state index contributed by atoms with van der Waals surface area (Å²) in [5.41, 5.74) is 1.86.